The minimum atomic E-state index is -0.891. The van der Waals surface area contributed by atoms with Crippen LogP contribution in [0.4, 0.5) is 11.4 Å². The van der Waals surface area contributed by atoms with Crippen molar-refractivity contribution in [1.29, 1.82) is 0 Å². The van der Waals surface area contributed by atoms with Crippen molar-refractivity contribution < 1.29 is 19.3 Å². The molecule has 0 radical (unpaired) electrons. The molecule has 3 aliphatic heterocycles. The van der Waals surface area contributed by atoms with E-state index in [1.807, 2.05) is 0 Å². The molecule has 0 aliphatic carbocycles. The van der Waals surface area contributed by atoms with E-state index in [2.05, 4.69) is 26.2 Å². The van der Waals surface area contributed by atoms with Crippen molar-refractivity contribution in [3.63, 3.8) is 0 Å². The molecule has 3 saturated heterocycles. The van der Waals surface area contributed by atoms with Gasteiger partial charge < -0.3 is 16.0 Å². The number of benzene rings is 1. The zero-order valence-electron chi connectivity index (χ0n) is 16.3. The van der Waals surface area contributed by atoms with Gasteiger partial charge in [0.05, 0.1) is 22.9 Å². The van der Waals surface area contributed by atoms with Crippen LogP contribution in [0.5, 0.6) is 0 Å². The first-order valence-electron chi connectivity index (χ1n) is 10.1. The smallest absolute Gasteiger partial charge is 0.271 e. The van der Waals surface area contributed by atoms with Crippen molar-refractivity contribution in [2.45, 2.75) is 38.1 Å². The third-order valence-corrected chi connectivity index (χ3v) is 5.85. The van der Waals surface area contributed by atoms with Crippen LogP contribution in [0.3, 0.4) is 0 Å². The van der Waals surface area contributed by atoms with Gasteiger partial charge in [0.15, 0.2) is 0 Å². The number of carbonyl (C=O) groups excluding carboxylic acids is 3. The van der Waals surface area contributed by atoms with Crippen LogP contribution >= 0.6 is 0 Å². The van der Waals surface area contributed by atoms with Crippen molar-refractivity contribution in [3.05, 3.63) is 34.4 Å². The van der Waals surface area contributed by atoms with Gasteiger partial charge >= 0.3 is 0 Å². The number of likely N-dealkylation sites (tertiary alicyclic amines) is 1. The number of non-ortho nitro benzene ring substituents is 1. The Kier molecular flexibility index (Phi) is 5.64. The summed E-state index contributed by atoms with van der Waals surface area (Å²) in [7, 11) is 0. The van der Waals surface area contributed by atoms with Gasteiger partial charge in [-0.1, -0.05) is 12.5 Å². The summed E-state index contributed by atoms with van der Waals surface area (Å²) < 4.78 is 0. The average molecular weight is 416 g/mol. The summed E-state index contributed by atoms with van der Waals surface area (Å²) in [4.78, 5) is 50.6. The van der Waals surface area contributed by atoms with Gasteiger partial charge in [-0.15, -0.1) is 0 Å². The molecule has 0 aromatic heterocycles. The van der Waals surface area contributed by atoms with Crippen molar-refractivity contribution in [1.82, 2.24) is 20.9 Å². The zero-order valence-corrected chi connectivity index (χ0v) is 16.3. The first-order valence-corrected chi connectivity index (χ1v) is 10.1. The average Bonchev–Trinajstić information content (AvgIpc) is 2.73. The van der Waals surface area contributed by atoms with Gasteiger partial charge in [0.25, 0.3) is 5.69 Å². The Labute approximate surface area is 172 Å². The molecule has 4 unspecified atom stereocenters. The number of nitrogens with one attached hydrogen (secondary N) is 4. The summed E-state index contributed by atoms with van der Waals surface area (Å²) in [6, 6.07) is 5.54. The van der Waals surface area contributed by atoms with Crippen LogP contribution in [0.1, 0.15) is 25.7 Å². The minimum absolute atomic E-state index is 0.134. The standard InChI is InChI=1S/C19H24N6O5/c26-14-10-13(17(27)20-11-5-4-6-12(9-11)25(29)30)15-16(21-14)22-19(23-18(15)28)24-7-2-1-3-8-24/h4-6,9,13,15-16,19,22H,1-3,7-8,10H2,(H,20,27)(H,21,26)(H,23,28). The van der Waals surface area contributed by atoms with Crippen LogP contribution in [0.25, 0.3) is 0 Å². The predicted octanol–water partition coefficient (Wildman–Crippen LogP) is 0.101. The SMILES string of the molecule is O=C1CC(C(=O)Nc2cccc([N+](=O)[O-])c2)C2C(=O)NC(N3CCCCC3)NC2N1. The first kappa shape index (κ1) is 20.2. The summed E-state index contributed by atoms with van der Waals surface area (Å²) in [5, 5.41) is 22.5. The summed E-state index contributed by atoms with van der Waals surface area (Å²) in [6.07, 6.45) is 2.06. The third-order valence-electron chi connectivity index (χ3n) is 5.85. The molecule has 11 nitrogen and oxygen atoms in total. The Hall–Kier alpha value is -3.05. The number of nitro benzene ring substituents is 1. The van der Waals surface area contributed by atoms with E-state index in [9.17, 15) is 24.5 Å². The Bertz CT molecular complexity index is 871. The number of fused-ring (bicyclic) bond motifs is 1. The van der Waals surface area contributed by atoms with Crippen LogP contribution in [0, 0.1) is 22.0 Å². The number of carbonyl (C=O) groups is 3. The summed E-state index contributed by atoms with van der Waals surface area (Å²) in [5.41, 5.74) is 0.0839. The molecule has 3 aliphatic rings. The van der Waals surface area contributed by atoms with E-state index in [4.69, 9.17) is 0 Å². The van der Waals surface area contributed by atoms with Gasteiger partial charge in [-0.05, 0) is 18.9 Å². The molecular weight excluding hydrogens is 392 g/mol. The van der Waals surface area contributed by atoms with E-state index in [0.717, 1.165) is 32.4 Å². The monoisotopic (exact) mass is 416 g/mol. The van der Waals surface area contributed by atoms with Crippen LogP contribution < -0.4 is 21.3 Å². The van der Waals surface area contributed by atoms with Crippen molar-refractivity contribution in [3.8, 4) is 0 Å². The number of hydrogen-bond acceptors (Lipinski definition) is 7. The second-order valence-corrected chi connectivity index (χ2v) is 7.85. The lowest BCUT2D eigenvalue weighted by molar-refractivity contribution is -0.384. The van der Waals surface area contributed by atoms with E-state index in [0.29, 0.717) is 0 Å². The molecular formula is C19H24N6O5. The number of amides is 3. The third kappa shape index (κ3) is 4.12. The van der Waals surface area contributed by atoms with E-state index in [1.54, 1.807) is 0 Å². The molecule has 4 N–H and O–H groups in total. The fraction of sp³-hybridized carbons (Fsp3) is 0.526. The molecule has 1 aromatic rings. The molecule has 0 saturated carbocycles. The highest BCUT2D eigenvalue weighted by Crippen LogP contribution is 2.29. The molecule has 3 amide bonds. The maximum atomic E-state index is 12.9. The number of rotatable bonds is 4. The molecule has 0 bridgehead atoms. The molecule has 0 spiro atoms. The Balaban J connectivity index is 1.49. The first-order chi connectivity index (χ1) is 14.4. The van der Waals surface area contributed by atoms with Crippen molar-refractivity contribution in [2.24, 2.45) is 11.8 Å². The van der Waals surface area contributed by atoms with E-state index < -0.39 is 35.1 Å². The molecule has 4 atom stereocenters. The summed E-state index contributed by atoms with van der Waals surface area (Å²) in [5.74, 6) is -2.81. The quantitative estimate of drug-likeness (QED) is 0.402. The van der Waals surface area contributed by atoms with Crippen molar-refractivity contribution >= 4 is 29.1 Å². The van der Waals surface area contributed by atoms with Crippen LogP contribution in [-0.2, 0) is 14.4 Å². The molecule has 160 valence electrons. The van der Waals surface area contributed by atoms with E-state index in [1.165, 1.54) is 24.3 Å². The van der Waals surface area contributed by atoms with Crippen molar-refractivity contribution in [2.75, 3.05) is 18.4 Å². The molecule has 3 fully saturated rings. The predicted molar refractivity (Wildman–Crippen MR) is 106 cm³/mol. The Morgan fingerprint density at radius 3 is 2.67 bits per heavy atom. The summed E-state index contributed by atoms with van der Waals surface area (Å²) >= 11 is 0. The lowest BCUT2D eigenvalue weighted by Crippen LogP contribution is -2.74. The number of hydrogen-bond donors (Lipinski definition) is 4. The van der Waals surface area contributed by atoms with Crippen LogP contribution in [0.15, 0.2) is 24.3 Å². The van der Waals surface area contributed by atoms with Gasteiger partial charge in [-0.3, -0.25) is 34.7 Å². The Morgan fingerprint density at radius 1 is 1.17 bits per heavy atom. The molecule has 30 heavy (non-hydrogen) atoms. The van der Waals surface area contributed by atoms with Gasteiger partial charge in [0.2, 0.25) is 17.7 Å². The molecule has 11 heteroatoms. The number of nitrogens with zero attached hydrogens (tertiary/aromatic N) is 2. The van der Waals surface area contributed by atoms with Gasteiger partial charge in [-0.25, -0.2) is 0 Å². The second kappa shape index (κ2) is 8.36. The van der Waals surface area contributed by atoms with Gasteiger partial charge in [0, 0.05) is 37.3 Å². The Morgan fingerprint density at radius 2 is 1.93 bits per heavy atom. The lowest BCUT2D eigenvalue weighted by atomic mass is 9.81. The largest absolute Gasteiger partial charge is 0.340 e. The number of anilines is 1. The van der Waals surface area contributed by atoms with E-state index >= 15 is 0 Å². The zero-order chi connectivity index (χ0) is 21.3. The van der Waals surface area contributed by atoms with Gasteiger partial charge in [-0.2, -0.15) is 0 Å². The normalized spacial score (nSPS) is 29.3. The lowest BCUT2D eigenvalue weighted by Gasteiger charge is -2.46. The molecule has 1 aromatic carbocycles. The molecule has 4 rings (SSSR count). The minimum Gasteiger partial charge on any atom is -0.340 e. The highest BCUT2D eigenvalue weighted by molar-refractivity contribution is 6.00. The summed E-state index contributed by atoms with van der Waals surface area (Å²) in [6.45, 7) is 1.69. The van der Waals surface area contributed by atoms with Crippen LogP contribution in [-0.4, -0.2) is 53.1 Å². The maximum Gasteiger partial charge on any atom is 0.271 e. The highest BCUT2D eigenvalue weighted by atomic mass is 16.6. The fourth-order valence-corrected chi connectivity index (χ4v) is 4.36. The fourth-order valence-electron chi connectivity index (χ4n) is 4.36. The molecule has 3 heterocycles. The van der Waals surface area contributed by atoms with Gasteiger partial charge in [0.1, 0.15) is 6.29 Å². The number of piperidine rings is 2. The topological polar surface area (TPSA) is 146 Å². The second-order valence-electron chi connectivity index (χ2n) is 7.85. The van der Waals surface area contributed by atoms with Crippen LogP contribution in [0.2, 0.25) is 0 Å². The highest BCUT2D eigenvalue weighted by Gasteiger charge is 2.49. The number of nitro groups is 1. The maximum absolute atomic E-state index is 12.9. The van der Waals surface area contributed by atoms with E-state index in [-0.39, 0.29) is 29.6 Å².